The second-order valence-electron chi connectivity index (χ2n) is 6.01. The third-order valence-corrected chi connectivity index (χ3v) is 4.32. The Hall–Kier alpha value is -2.07. The van der Waals surface area contributed by atoms with E-state index in [2.05, 4.69) is 59.6 Å². The highest BCUT2D eigenvalue weighted by Crippen LogP contribution is 2.19. The number of likely N-dealkylation sites (tertiary alicyclic amines) is 1. The number of benzene rings is 2. The average molecular weight is 311 g/mol. The summed E-state index contributed by atoms with van der Waals surface area (Å²) in [6, 6.07) is 14.9. The molecule has 0 radical (unpaired) electrons. The van der Waals surface area contributed by atoms with Gasteiger partial charge >= 0.3 is 0 Å². The minimum absolute atomic E-state index is 0.225. The van der Waals surface area contributed by atoms with Crippen molar-refractivity contribution in [1.29, 1.82) is 0 Å². The van der Waals surface area contributed by atoms with Crippen LogP contribution in [-0.2, 0) is 6.42 Å². The van der Waals surface area contributed by atoms with Crippen LogP contribution >= 0.6 is 0 Å². The Morgan fingerprint density at radius 3 is 2.87 bits per heavy atom. The van der Waals surface area contributed by atoms with E-state index in [9.17, 15) is 5.11 Å². The van der Waals surface area contributed by atoms with Crippen LogP contribution in [0.5, 0.6) is 0 Å². The van der Waals surface area contributed by atoms with Crippen molar-refractivity contribution in [2.45, 2.75) is 25.9 Å². The molecular formula is C19H25N3O. The molecule has 1 fully saturated rings. The summed E-state index contributed by atoms with van der Waals surface area (Å²) in [4.78, 5) is 6.90. The van der Waals surface area contributed by atoms with Gasteiger partial charge in [0.05, 0.1) is 6.10 Å². The third-order valence-electron chi connectivity index (χ3n) is 4.32. The lowest BCUT2D eigenvalue weighted by molar-refractivity contribution is 0.188. The largest absolute Gasteiger partial charge is 0.391 e. The van der Waals surface area contributed by atoms with E-state index in [1.807, 2.05) is 0 Å². The number of guanidine groups is 1. The lowest BCUT2D eigenvalue weighted by Gasteiger charge is -2.21. The molecule has 3 rings (SSSR count). The van der Waals surface area contributed by atoms with Crippen molar-refractivity contribution >= 4 is 16.7 Å². The van der Waals surface area contributed by atoms with Crippen LogP contribution in [0.2, 0.25) is 0 Å². The van der Waals surface area contributed by atoms with Crippen molar-refractivity contribution in [3.63, 3.8) is 0 Å². The molecule has 4 heteroatoms. The number of rotatable bonds is 4. The molecule has 1 aliphatic rings. The van der Waals surface area contributed by atoms with E-state index in [0.717, 1.165) is 38.4 Å². The van der Waals surface area contributed by atoms with Crippen molar-refractivity contribution in [1.82, 2.24) is 10.2 Å². The van der Waals surface area contributed by atoms with Crippen molar-refractivity contribution in [2.24, 2.45) is 4.99 Å². The summed E-state index contributed by atoms with van der Waals surface area (Å²) in [5.41, 5.74) is 1.34. The Balaban J connectivity index is 1.70. The van der Waals surface area contributed by atoms with Crippen LogP contribution in [0.15, 0.2) is 47.5 Å². The van der Waals surface area contributed by atoms with Gasteiger partial charge in [0.1, 0.15) is 0 Å². The van der Waals surface area contributed by atoms with Crippen LogP contribution in [-0.4, -0.2) is 48.2 Å². The number of nitrogens with one attached hydrogen (secondary N) is 1. The maximum Gasteiger partial charge on any atom is 0.194 e. The summed E-state index contributed by atoms with van der Waals surface area (Å²) < 4.78 is 0. The first-order chi connectivity index (χ1) is 11.3. The monoisotopic (exact) mass is 311 g/mol. The molecular weight excluding hydrogens is 286 g/mol. The Morgan fingerprint density at radius 1 is 1.26 bits per heavy atom. The summed E-state index contributed by atoms with van der Waals surface area (Å²) in [5, 5.41) is 15.6. The highest BCUT2D eigenvalue weighted by Gasteiger charge is 2.22. The zero-order chi connectivity index (χ0) is 16.1. The Morgan fingerprint density at radius 2 is 2.09 bits per heavy atom. The predicted octanol–water partition coefficient (Wildman–Crippen LogP) is 2.41. The first kappa shape index (κ1) is 15.8. The van der Waals surface area contributed by atoms with E-state index in [1.54, 1.807) is 0 Å². The molecule has 1 saturated heterocycles. The quantitative estimate of drug-likeness (QED) is 0.673. The Labute approximate surface area is 137 Å². The van der Waals surface area contributed by atoms with Crippen molar-refractivity contribution < 1.29 is 5.11 Å². The normalized spacial score (nSPS) is 18.6. The Kier molecular flexibility index (Phi) is 5.13. The van der Waals surface area contributed by atoms with Crippen LogP contribution in [0.1, 0.15) is 18.9 Å². The number of hydrogen-bond acceptors (Lipinski definition) is 2. The summed E-state index contributed by atoms with van der Waals surface area (Å²) in [5.74, 6) is 0.921. The van der Waals surface area contributed by atoms with Crippen LogP contribution < -0.4 is 5.32 Å². The van der Waals surface area contributed by atoms with Gasteiger partial charge in [0.15, 0.2) is 5.96 Å². The first-order valence-corrected chi connectivity index (χ1v) is 8.46. The van der Waals surface area contributed by atoms with Crippen molar-refractivity contribution in [3.05, 3.63) is 48.0 Å². The summed E-state index contributed by atoms with van der Waals surface area (Å²) in [6.45, 7) is 5.23. The molecule has 2 aromatic rings. The van der Waals surface area contributed by atoms with Crippen LogP contribution in [0.3, 0.4) is 0 Å². The SMILES string of the molecule is CCNC(=NCCc1cccc2ccccc12)N1CC[C@@H](O)C1. The van der Waals surface area contributed by atoms with E-state index < -0.39 is 0 Å². The fourth-order valence-corrected chi connectivity index (χ4v) is 3.15. The number of fused-ring (bicyclic) bond motifs is 1. The molecule has 0 aromatic heterocycles. The first-order valence-electron chi connectivity index (χ1n) is 8.46. The zero-order valence-electron chi connectivity index (χ0n) is 13.7. The zero-order valence-corrected chi connectivity index (χ0v) is 13.7. The molecule has 1 heterocycles. The number of aliphatic hydroxyl groups excluding tert-OH is 1. The molecule has 2 aromatic carbocycles. The van der Waals surface area contributed by atoms with Gasteiger partial charge in [-0.1, -0.05) is 42.5 Å². The van der Waals surface area contributed by atoms with Crippen molar-refractivity contribution in [3.8, 4) is 0 Å². The fourth-order valence-electron chi connectivity index (χ4n) is 3.15. The average Bonchev–Trinajstić information content (AvgIpc) is 3.00. The van der Waals surface area contributed by atoms with Gasteiger partial charge in [0.25, 0.3) is 0 Å². The van der Waals surface area contributed by atoms with Gasteiger partial charge in [-0.3, -0.25) is 4.99 Å². The van der Waals surface area contributed by atoms with Gasteiger partial charge in [0.2, 0.25) is 0 Å². The van der Waals surface area contributed by atoms with Crippen molar-refractivity contribution in [2.75, 3.05) is 26.2 Å². The highest BCUT2D eigenvalue weighted by molar-refractivity contribution is 5.85. The summed E-state index contributed by atoms with van der Waals surface area (Å²) >= 11 is 0. The second-order valence-corrected chi connectivity index (χ2v) is 6.01. The van der Waals surface area contributed by atoms with E-state index in [-0.39, 0.29) is 6.10 Å². The number of aliphatic imine (C=N–C) groups is 1. The number of aliphatic hydroxyl groups is 1. The smallest absolute Gasteiger partial charge is 0.194 e. The lowest BCUT2D eigenvalue weighted by Crippen LogP contribution is -2.40. The van der Waals surface area contributed by atoms with Gasteiger partial charge in [0, 0.05) is 26.2 Å². The number of β-amino-alcohol motifs (C(OH)–C–C–N with tert-alkyl or cyclic N) is 1. The summed E-state index contributed by atoms with van der Waals surface area (Å²) in [7, 11) is 0. The number of hydrogen-bond donors (Lipinski definition) is 2. The molecule has 2 N–H and O–H groups in total. The molecule has 1 atom stereocenters. The van der Waals surface area contributed by atoms with E-state index in [1.165, 1.54) is 16.3 Å². The van der Waals surface area contributed by atoms with Crippen LogP contribution in [0, 0.1) is 0 Å². The third kappa shape index (κ3) is 3.82. The molecule has 23 heavy (non-hydrogen) atoms. The highest BCUT2D eigenvalue weighted by atomic mass is 16.3. The molecule has 1 aliphatic heterocycles. The minimum Gasteiger partial charge on any atom is -0.391 e. The Bertz CT molecular complexity index is 678. The molecule has 122 valence electrons. The van der Waals surface area contributed by atoms with Gasteiger partial charge in [-0.25, -0.2) is 0 Å². The molecule has 0 unspecified atom stereocenters. The minimum atomic E-state index is -0.225. The van der Waals surface area contributed by atoms with Gasteiger partial charge in [-0.15, -0.1) is 0 Å². The van der Waals surface area contributed by atoms with Gasteiger partial charge in [-0.05, 0) is 36.1 Å². The predicted molar refractivity (Wildman–Crippen MR) is 95.8 cm³/mol. The van der Waals surface area contributed by atoms with Crippen LogP contribution in [0.4, 0.5) is 0 Å². The maximum absolute atomic E-state index is 9.71. The van der Waals surface area contributed by atoms with E-state index >= 15 is 0 Å². The van der Waals surface area contributed by atoms with E-state index in [0.29, 0.717) is 6.54 Å². The standard InChI is InChI=1S/C19H25N3O/c1-2-20-19(22-13-11-17(23)14-22)21-12-10-16-8-5-7-15-6-3-4-9-18(15)16/h3-9,17,23H,2,10-14H2,1H3,(H,20,21)/t17-/m1/s1. The molecule has 0 bridgehead atoms. The molecule has 0 aliphatic carbocycles. The molecule has 0 spiro atoms. The summed E-state index contributed by atoms with van der Waals surface area (Å²) in [6.07, 6.45) is 1.53. The fraction of sp³-hybridized carbons (Fsp3) is 0.421. The van der Waals surface area contributed by atoms with Gasteiger partial charge < -0.3 is 15.3 Å². The maximum atomic E-state index is 9.71. The number of nitrogens with zero attached hydrogens (tertiary/aromatic N) is 2. The lowest BCUT2D eigenvalue weighted by atomic mass is 10.0. The van der Waals surface area contributed by atoms with E-state index in [4.69, 9.17) is 4.99 Å². The van der Waals surface area contributed by atoms with Crippen LogP contribution in [0.25, 0.3) is 10.8 Å². The molecule has 0 saturated carbocycles. The molecule has 4 nitrogen and oxygen atoms in total. The topological polar surface area (TPSA) is 47.9 Å². The van der Waals surface area contributed by atoms with Gasteiger partial charge in [-0.2, -0.15) is 0 Å². The molecule has 0 amide bonds. The second kappa shape index (κ2) is 7.47.